The second-order valence-corrected chi connectivity index (χ2v) is 9.59. The summed E-state index contributed by atoms with van der Waals surface area (Å²) in [4.78, 5) is 12.6. The van der Waals surface area contributed by atoms with Gasteiger partial charge in [0.2, 0.25) is 10.0 Å². The number of fused-ring (bicyclic) bond motifs is 1. The van der Waals surface area contributed by atoms with Crippen LogP contribution in [0.3, 0.4) is 0 Å². The van der Waals surface area contributed by atoms with E-state index in [1.165, 1.54) is 30.4 Å². The van der Waals surface area contributed by atoms with Gasteiger partial charge in [0.05, 0.1) is 17.7 Å². The van der Waals surface area contributed by atoms with Gasteiger partial charge in [-0.1, -0.05) is 24.3 Å². The van der Waals surface area contributed by atoms with E-state index in [0.717, 1.165) is 32.1 Å². The Hall–Kier alpha value is -2.58. The Bertz CT molecular complexity index is 1030. The summed E-state index contributed by atoms with van der Waals surface area (Å²) < 4.78 is 32.9. The lowest BCUT2D eigenvalue weighted by atomic mass is 9.83. The SMILES string of the molecule is COc1ccc(S(=O)(=O)NC2CC2)cc1NC(=O)NC[C@@H]1CCCc2ccccc21. The summed E-state index contributed by atoms with van der Waals surface area (Å²) >= 11 is 0. The zero-order valence-electron chi connectivity index (χ0n) is 17.0. The van der Waals surface area contributed by atoms with Crippen molar-refractivity contribution < 1.29 is 17.9 Å². The number of anilines is 1. The number of urea groups is 1. The van der Waals surface area contributed by atoms with Crippen LogP contribution in [0.5, 0.6) is 5.75 Å². The lowest BCUT2D eigenvalue weighted by Gasteiger charge is -2.25. The minimum Gasteiger partial charge on any atom is -0.495 e. The summed E-state index contributed by atoms with van der Waals surface area (Å²) in [7, 11) is -2.14. The number of hydrogen-bond donors (Lipinski definition) is 3. The molecule has 8 heteroatoms. The molecule has 4 rings (SSSR count). The molecule has 0 aromatic heterocycles. The molecule has 0 radical (unpaired) electrons. The molecule has 30 heavy (non-hydrogen) atoms. The molecule has 0 heterocycles. The first kappa shape index (κ1) is 20.7. The third kappa shape index (κ3) is 4.76. The van der Waals surface area contributed by atoms with E-state index in [2.05, 4.69) is 27.5 Å². The quantitative estimate of drug-likeness (QED) is 0.629. The lowest BCUT2D eigenvalue weighted by Crippen LogP contribution is -2.33. The van der Waals surface area contributed by atoms with Crippen molar-refractivity contribution in [3.05, 3.63) is 53.6 Å². The van der Waals surface area contributed by atoms with Crippen LogP contribution in [0.2, 0.25) is 0 Å². The summed E-state index contributed by atoms with van der Waals surface area (Å²) in [6, 6.07) is 12.4. The van der Waals surface area contributed by atoms with Crippen molar-refractivity contribution in [2.45, 2.75) is 49.0 Å². The molecular formula is C22H27N3O4S. The van der Waals surface area contributed by atoms with Crippen LogP contribution in [-0.4, -0.2) is 34.1 Å². The first-order valence-electron chi connectivity index (χ1n) is 10.3. The Morgan fingerprint density at radius 2 is 1.93 bits per heavy atom. The summed E-state index contributed by atoms with van der Waals surface area (Å²) in [5.41, 5.74) is 2.96. The van der Waals surface area contributed by atoms with Crippen molar-refractivity contribution in [1.82, 2.24) is 10.0 Å². The molecular weight excluding hydrogens is 402 g/mol. The molecule has 3 N–H and O–H groups in total. The molecule has 7 nitrogen and oxygen atoms in total. The molecule has 160 valence electrons. The second kappa shape index (κ2) is 8.65. The molecule has 0 spiro atoms. The van der Waals surface area contributed by atoms with Gasteiger partial charge in [0.15, 0.2) is 0 Å². The third-order valence-corrected chi connectivity index (χ3v) is 7.15. The van der Waals surface area contributed by atoms with Gasteiger partial charge >= 0.3 is 6.03 Å². The third-order valence-electron chi connectivity index (χ3n) is 5.63. The summed E-state index contributed by atoms with van der Waals surface area (Å²) in [5, 5.41) is 5.66. The normalized spacial score (nSPS) is 18.4. The number of amides is 2. The van der Waals surface area contributed by atoms with Gasteiger partial charge in [-0.05, 0) is 61.4 Å². The van der Waals surface area contributed by atoms with E-state index >= 15 is 0 Å². The Morgan fingerprint density at radius 1 is 1.13 bits per heavy atom. The van der Waals surface area contributed by atoms with Crippen LogP contribution in [0.15, 0.2) is 47.4 Å². The smallest absolute Gasteiger partial charge is 0.319 e. The molecule has 0 aliphatic heterocycles. The summed E-state index contributed by atoms with van der Waals surface area (Å²) in [6.07, 6.45) is 4.92. The van der Waals surface area contributed by atoms with Crippen molar-refractivity contribution in [3.63, 3.8) is 0 Å². The molecule has 2 aromatic carbocycles. The molecule has 1 fully saturated rings. The molecule has 0 unspecified atom stereocenters. The predicted molar refractivity (Wildman–Crippen MR) is 115 cm³/mol. The first-order valence-corrected chi connectivity index (χ1v) is 11.8. The van der Waals surface area contributed by atoms with Crippen molar-refractivity contribution in [2.75, 3.05) is 19.0 Å². The standard InChI is InChI=1S/C22H27N3O4S/c1-29-21-12-11-18(30(27,28)25-17-9-10-17)13-20(21)24-22(26)23-14-16-7-4-6-15-5-2-3-8-19(15)16/h2-3,5,8,11-13,16-17,25H,4,6-7,9-10,14H2,1H3,(H2,23,24,26)/t16-/m0/s1. The number of benzene rings is 2. The molecule has 1 atom stereocenters. The van der Waals surface area contributed by atoms with Gasteiger partial charge in [-0.2, -0.15) is 0 Å². The van der Waals surface area contributed by atoms with E-state index in [1.54, 1.807) is 6.07 Å². The molecule has 2 aromatic rings. The van der Waals surface area contributed by atoms with Crippen molar-refractivity contribution in [3.8, 4) is 5.75 Å². The van der Waals surface area contributed by atoms with Gasteiger partial charge in [0.1, 0.15) is 5.75 Å². The molecule has 2 amide bonds. The fraction of sp³-hybridized carbons (Fsp3) is 0.409. The van der Waals surface area contributed by atoms with E-state index in [9.17, 15) is 13.2 Å². The highest BCUT2D eigenvalue weighted by atomic mass is 32.2. The Labute approximate surface area is 177 Å². The van der Waals surface area contributed by atoms with E-state index < -0.39 is 10.0 Å². The molecule has 2 aliphatic rings. The maximum Gasteiger partial charge on any atom is 0.319 e. The van der Waals surface area contributed by atoms with E-state index in [1.807, 2.05) is 12.1 Å². The highest BCUT2D eigenvalue weighted by Gasteiger charge is 2.28. The number of hydrogen-bond acceptors (Lipinski definition) is 4. The lowest BCUT2D eigenvalue weighted by molar-refractivity contribution is 0.251. The van der Waals surface area contributed by atoms with Crippen molar-refractivity contribution >= 4 is 21.7 Å². The topological polar surface area (TPSA) is 96.5 Å². The number of nitrogens with one attached hydrogen (secondary N) is 3. The predicted octanol–water partition coefficient (Wildman–Crippen LogP) is 3.38. The molecule has 2 aliphatic carbocycles. The van der Waals surface area contributed by atoms with Crippen molar-refractivity contribution in [2.24, 2.45) is 0 Å². The Kier molecular flexibility index (Phi) is 5.97. The maximum absolute atomic E-state index is 12.5. The highest BCUT2D eigenvalue weighted by Crippen LogP contribution is 2.31. The first-order chi connectivity index (χ1) is 14.5. The van der Waals surface area contributed by atoms with Crippen LogP contribution in [0.1, 0.15) is 42.7 Å². The minimum absolute atomic E-state index is 0.00943. The zero-order chi connectivity index (χ0) is 21.1. The fourth-order valence-corrected chi connectivity index (χ4v) is 5.22. The average molecular weight is 430 g/mol. The van der Waals surface area contributed by atoms with Gasteiger partial charge < -0.3 is 15.4 Å². The highest BCUT2D eigenvalue weighted by molar-refractivity contribution is 7.89. The van der Waals surface area contributed by atoms with Crippen molar-refractivity contribution in [1.29, 1.82) is 0 Å². The van der Waals surface area contributed by atoms with Crippen LogP contribution in [0, 0.1) is 0 Å². The van der Waals surface area contributed by atoms with Crippen LogP contribution in [0.4, 0.5) is 10.5 Å². The Balaban J connectivity index is 1.43. The number of ether oxygens (including phenoxy) is 1. The van der Waals surface area contributed by atoms with Gasteiger partial charge in [-0.3, -0.25) is 0 Å². The second-order valence-electron chi connectivity index (χ2n) is 7.88. The van der Waals surface area contributed by atoms with Crippen LogP contribution in [0.25, 0.3) is 0 Å². The Morgan fingerprint density at radius 3 is 2.70 bits per heavy atom. The van der Waals surface area contributed by atoms with Gasteiger partial charge in [0, 0.05) is 18.5 Å². The van der Waals surface area contributed by atoms with Gasteiger partial charge in [-0.25, -0.2) is 17.9 Å². The van der Waals surface area contributed by atoms with E-state index in [4.69, 9.17) is 4.74 Å². The number of aryl methyl sites for hydroxylation is 1. The number of rotatable bonds is 7. The van der Waals surface area contributed by atoms with Gasteiger partial charge in [-0.15, -0.1) is 0 Å². The van der Waals surface area contributed by atoms with Crippen LogP contribution in [-0.2, 0) is 16.4 Å². The van der Waals surface area contributed by atoms with Crippen LogP contribution < -0.4 is 20.1 Å². The molecule has 0 saturated heterocycles. The number of methoxy groups -OCH3 is 1. The number of carbonyl (C=O) groups excluding carboxylic acids is 1. The monoisotopic (exact) mass is 429 g/mol. The zero-order valence-corrected chi connectivity index (χ0v) is 17.8. The van der Waals surface area contributed by atoms with Gasteiger partial charge in [0.25, 0.3) is 0 Å². The summed E-state index contributed by atoms with van der Waals surface area (Å²) in [5.74, 6) is 0.676. The molecule has 0 bridgehead atoms. The molecule has 1 saturated carbocycles. The largest absolute Gasteiger partial charge is 0.495 e. The number of carbonyl (C=O) groups is 1. The van der Waals surface area contributed by atoms with E-state index in [0.29, 0.717) is 18.0 Å². The van der Waals surface area contributed by atoms with Crippen LogP contribution >= 0.6 is 0 Å². The number of sulfonamides is 1. The average Bonchev–Trinajstić information content (AvgIpc) is 3.55. The minimum atomic E-state index is -3.62. The maximum atomic E-state index is 12.5. The van der Waals surface area contributed by atoms with E-state index in [-0.39, 0.29) is 22.9 Å². The summed E-state index contributed by atoms with van der Waals surface area (Å²) in [6.45, 7) is 0.520. The fourth-order valence-electron chi connectivity index (χ4n) is 3.89.